The molecule has 1 aromatic carbocycles. The molecule has 0 saturated carbocycles. The van der Waals surface area contributed by atoms with Gasteiger partial charge in [-0.3, -0.25) is 9.59 Å². The maximum absolute atomic E-state index is 12.0. The number of carbonyl (C=O) groups is 2. The number of rotatable bonds is 6. The molecule has 0 atom stereocenters. The summed E-state index contributed by atoms with van der Waals surface area (Å²) >= 11 is 2.01. The number of thioether (sulfide) groups is 1. The van der Waals surface area contributed by atoms with Crippen molar-refractivity contribution >= 4 is 29.3 Å². The standard InChI is InChI=1S/C16H23N3O2S/c1-19(14-7-10-22-11-8-14)9-6-15(20)18-13-4-2-12(3-5-13)16(17)21/h2-5,14H,6-11H2,1H3,(H2,17,21)(H,18,20). The van der Waals surface area contributed by atoms with E-state index in [9.17, 15) is 9.59 Å². The fraction of sp³-hybridized carbons (Fsp3) is 0.500. The molecule has 2 amide bonds. The second-order valence-corrected chi connectivity index (χ2v) is 6.79. The number of benzene rings is 1. The summed E-state index contributed by atoms with van der Waals surface area (Å²) in [5.41, 5.74) is 6.31. The molecule has 1 saturated heterocycles. The molecular formula is C16H23N3O2S. The highest BCUT2D eigenvalue weighted by Crippen LogP contribution is 2.20. The zero-order valence-electron chi connectivity index (χ0n) is 12.9. The number of hydrogen-bond acceptors (Lipinski definition) is 4. The Morgan fingerprint density at radius 2 is 1.91 bits per heavy atom. The number of primary amides is 1. The number of nitrogens with zero attached hydrogens (tertiary/aromatic N) is 1. The van der Waals surface area contributed by atoms with Crippen LogP contribution < -0.4 is 11.1 Å². The van der Waals surface area contributed by atoms with Crippen LogP contribution in [0.4, 0.5) is 5.69 Å². The van der Waals surface area contributed by atoms with Gasteiger partial charge in [0.1, 0.15) is 0 Å². The van der Waals surface area contributed by atoms with E-state index >= 15 is 0 Å². The molecule has 2 rings (SSSR count). The fourth-order valence-electron chi connectivity index (χ4n) is 2.53. The van der Waals surface area contributed by atoms with Crippen molar-refractivity contribution < 1.29 is 9.59 Å². The van der Waals surface area contributed by atoms with Crippen LogP contribution in [0.3, 0.4) is 0 Å². The van der Waals surface area contributed by atoms with Crippen LogP contribution in [-0.4, -0.2) is 47.9 Å². The van der Waals surface area contributed by atoms with Gasteiger partial charge in [-0.25, -0.2) is 0 Å². The molecule has 22 heavy (non-hydrogen) atoms. The first kappa shape index (κ1) is 16.8. The monoisotopic (exact) mass is 321 g/mol. The highest BCUT2D eigenvalue weighted by molar-refractivity contribution is 7.99. The lowest BCUT2D eigenvalue weighted by Crippen LogP contribution is -2.36. The Labute approximate surface area is 135 Å². The van der Waals surface area contributed by atoms with E-state index in [2.05, 4.69) is 17.3 Å². The zero-order chi connectivity index (χ0) is 15.9. The Morgan fingerprint density at radius 1 is 1.27 bits per heavy atom. The van der Waals surface area contributed by atoms with Gasteiger partial charge in [-0.1, -0.05) is 0 Å². The minimum absolute atomic E-state index is 0.0103. The molecule has 1 aliphatic rings. The Balaban J connectivity index is 1.76. The largest absolute Gasteiger partial charge is 0.366 e. The second kappa shape index (κ2) is 8.19. The van der Waals surface area contributed by atoms with Gasteiger partial charge in [-0.2, -0.15) is 11.8 Å². The van der Waals surface area contributed by atoms with Gasteiger partial charge in [0, 0.05) is 30.3 Å². The van der Waals surface area contributed by atoms with E-state index in [0.29, 0.717) is 23.7 Å². The van der Waals surface area contributed by atoms with Crippen molar-refractivity contribution in [1.29, 1.82) is 0 Å². The quantitative estimate of drug-likeness (QED) is 0.839. The third-order valence-corrected chi connectivity index (χ3v) is 5.01. The summed E-state index contributed by atoms with van der Waals surface area (Å²) in [6, 6.07) is 7.22. The maximum Gasteiger partial charge on any atom is 0.248 e. The number of nitrogens with one attached hydrogen (secondary N) is 1. The molecule has 1 aromatic rings. The van der Waals surface area contributed by atoms with E-state index in [1.165, 1.54) is 24.3 Å². The van der Waals surface area contributed by atoms with Crippen molar-refractivity contribution in [2.24, 2.45) is 5.73 Å². The van der Waals surface area contributed by atoms with Crippen LogP contribution in [0.1, 0.15) is 29.6 Å². The first-order valence-electron chi connectivity index (χ1n) is 7.54. The summed E-state index contributed by atoms with van der Waals surface area (Å²) < 4.78 is 0. The average Bonchev–Trinajstić information content (AvgIpc) is 2.54. The van der Waals surface area contributed by atoms with Crippen molar-refractivity contribution in [3.8, 4) is 0 Å². The minimum atomic E-state index is -0.467. The summed E-state index contributed by atoms with van der Waals surface area (Å²) in [6.07, 6.45) is 2.88. The van der Waals surface area contributed by atoms with Crippen LogP contribution in [0.15, 0.2) is 24.3 Å². The molecule has 3 N–H and O–H groups in total. The van der Waals surface area contributed by atoms with Gasteiger partial charge in [0.25, 0.3) is 0 Å². The van der Waals surface area contributed by atoms with E-state index in [-0.39, 0.29) is 5.91 Å². The fourth-order valence-corrected chi connectivity index (χ4v) is 3.61. The molecule has 0 aliphatic carbocycles. The van der Waals surface area contributed by atoms with E-state index in [1.54, 1.807) is 24.3 Å². The molecule has 1 fully saturated rings. The SMILES string of the molecule is CN(CCC(=O)Nc1ccc(C(N)=O)cc1)C1CCSCC1. The third-order valence-electron chi connectivity index (χ3n) is 3.96. The molecule has 0 unspecified atom stereocenters. The van der Waals surface area contributed by atoms with Crippen LogP contribution >= 0.6 is 11.8 Å². The lowest BCUT2D eigenvalue weighted by atomic mass is 10.1. The topological polar surface area (TPSA) is 75.4 Å². The maximum atomic E-state index is 12.0. The van der Waals surface area contributed by atoms with Crippen LogP contribution in [-0.2, 0) is 4.79 Å². The summed E-state index contributed by atoms with van der Waals surface area (Å²) in [5.74, 6) is 1.95. The van der Waals surface area contributed by atoms with Crippen molar-refractivity contribution in [2.45, 2.75) is 25.3 Å². The highest BCUT2D eigenvalue weighted by Gasteiger charge is 2.18. The summed E-state index contributed by atoms with van der Waals surface area (Å²) in [6.45, 7) is 0.764. The molecule has 5 nitrogen and oxygen atoms in total. The number of hydrogen-bond donors (Lipinski definition) is 2. The summed E-state index contributed by atoms with van der Waals surface area (Å²) in [4.78, 5) is 25.3. The second-order valence-electron chi connectivity index (χ2n) is 5.56. The molecule has 1 heterocycles. The van der Waals surface area contributed by atoms with Crippen LogP contribution in [0, 0.1) is 0 Å². The smallest absolute Gasteiger partial charge is 0.248 e. The Hall–Kier alpha value is -1.53. The molecule has 0 aromatic heterocycles. The zero-order valence-corrected chi connectivity index (χ0v) is 13.7. The number of nitrogens with two attached hydrogens (primary N) is 1. The predicted octanol–water partition coefficient (Wildman–Crippen LogP) is 1.94. The van der Waals surface area contributed by atoms with Crippen molar-refractivity contribution in [1.82, 2.24) is 4.90 Å². The molecule has 0 spiro atoms. The van der Waals surface area contributed by atoms with E-state index in [1.807, 2.05) is 11.8 Å². The van der Waals surface area contributed by atoms with Crippen LogP contribution in [0.25, 0.3) is 0 Å². The van der Waals surface area contributed by atoms with Gasteiger partial charge < -0.3 is 16.0 Å². The van der Waals surface area contributed by atoms with Crippen molar-refractivity contribution in [3.63, 3.8) is 0 Å². The Bertz CT molecular complexity index is 513. The van der Waals surface area contributed by atoms with Gasteiger partial charge in [0.2, 0.25) is 11.8 Å². The van der Waals surface area contributed by atoms with Crippen LogP contribution in [0.5, 0.6) is 0 Å². The third kappa shape index (κ3) is 5.03. The van der Waals surface area contributed by atoms with E-state index < -0.39 is 5.91 Å². The predicted molar refractivity (Wildman–Crippen MR) is 91.2 cm³/mol. The number of amides is 2. The first-order valence-corrected chi connectivity index (χ1v) is 8.69. The molecular weight excluding hydrogens is 298 g/mol. The molecule has 120 valence electrons. The Morgan fingerprint density at radius 3 is 2.50 bits per heavy atom. The lowest BCUT2D eigenvalue weighted by Gasteiger charge is -2.30. The number of anilines is 1. The molecule has 0 bridgehead atoms. The molecule has 1 aliphatic heterocycles. The normalized spacial score (nSPS) is 15.7. The highest BCUT2D eigenvalue weighted by atomic mass is 32.2. The van der Waals surface area contributed by atoms with E-state index in [0.717, 1.165) is 6.54 Å². The van der Waals surface area contributed by atoms with Gasteiger partial charge in [-0.15, -0.1) is 0 Å². The van der Waals surface area contributed by atoms with Crippen molar-refractivity contribution in [3.05, 3.63) is 29.8 Å². The van der Waals surface area contributed by atoms with Gasteiger partial charge in [-0.05, 0) is 55.7 Å². The average molecular weight is 321 g/mol. The molecule has 0 radical (unpaired) electrons. The lowest BCUT2D eigenvalue weighted by molar-refractivity contribution is -0.116. The van der Waals surface area contributed by atoms with Crippen LogP contribution in [0.2, 0.25) is 0 Å². The van der Waals surface area contributed by atoms with Gasteiger partial charge in [0.05, 0.1) is 0 Å². The summed E-state index contributed by atoms with van der Waals surface area (Å²) in [5, 5.41) is 2.84. The first-order chi connectivity index (χ1) is 10.6. The minimum Gasteiger partial charge on any atom is -0.366 e. The number of carbonyl (C=O) groups excluding carboxylic acids is 2. The van der Waals surface area contributed by atoms with Gasteiger partial charge >= 0.3 is 0 Å². The van der Waals surface area contributed by atoms with Crippen molar-refractivity contribution in [2.75, 3.05) is 30.4 Å². The summed E-state index contributed by atoms with van der Waals surface area (Å²) in [7, 11) is 2.09. The molecule has 6 heteroatoms. The van der Waals surface area contributed by atoms with E-state index in [4.69, 9.17) is 5.73 Å². The Kier molecular flexibility index (Phi) is 6.27. The van der Waals surface area contributed by atoms with Gasteiger partial charge in [0.15, 0.2) is 0 Å².